The second-order valence-corrected chi connectivity index (χ2v) is 5.15. The van der Waals surface area contributed by atoms with Gasteiger partial charge in [0, 0.05) is 10.5 Å². The molecule has 0 saturated heterocycles. The van der Waals surface area contributed by atoms with Crippen molar-refractivity contribution in [1.29, 1.82) is 0 Å². The summed E-state index contributed by atoms with van der Waals surface area (Å²) in [6.45, 7) is 4.05. The number of halogens is 1. The monoisotopic (exact) mass is 324 g/mol. The largest absolute Gasteiger partial charge is 0.478 e. The summed E-state index contributed by atoms with van der Waals surface area (Å²) in [7, 11) is 0. The van der Waals surface area contributed by atoms with Crippen molar-refractivity contribution in [2.45, 2.75) is 19.9 Å². The summed E-state index contributed by atoms with van der Waals surface area (Å²) in [4.78, 5) is 10.9. The average molecular weight is 325 g/mol. The summed E-state index contributed by atoms with van der Waals surface area (Å²) in [6, 6.07) is 4.99. The van der Waals surface area contributed by atoms with E-state index in [2.05, 4.69) is 21.0 Å². The Hall–Kier alpha value is -1.82. The van der Waals surface area contributed by atoms with Crippen LogP contribution in [0.15, 0.2) is 35.1 Å². The average Bonchev–Trinajstić information content (AvgIpc) is 2.77. The van der Waals surface area contributed by atoms with Crippen LogP contribution in [-0.2, 0) is 0 Å². The molecule has 0 aliphatic heterocycles. The molecule has 1 aromatic carbocycles. The zero-order chi connectivity index (χ0) is 14.0. The van der Waals surface area contributed by atoms with Crippen molar-refractivity contribution in [3.63, 3.8) is 0 Å². The number of carboxylic acid groups (broad SMARTS) is 1. The third kappa shape index (κ3) is 3.14. The van der Waals surface area contributed by atoms with Gasteiger partial charge < -0.3 is 9.84 Å². The van der Waals surface area contributed by atoms with E-state index >= 15 is 0 Å². The number of nitrogens with zero attached hydrogens (tertiary/aromatic N) is 2. The Morgan fingerprint density at radius 1 is 1.42 bits per heavy atom. The molecule has 2 aromatic rings. The summed E-state index contributed by atoms with van der Waals surface area (Å²) in [6.07, 6.45) is 3.42. The lowest BCUT2D eigenvalue weighted by atomic mass is 10.2. The number of hydrogen-bond acceptors (Lipinski definition) is 3. The molecule has 0 aliphatic carbocycles. The molecule has 2 rings (SSSR count). The van der Waals surface area contributed by atoms with E-state index in [1.165, 1.54) is 6.07 Å². The maximum Gasteiger partial charge on any atom is 0.336 e. The smallest absolute Gasteiger partial charge is 0.336 e. The van der Waals surface area contributed by atoms with Crippen LogP contribution in [-0.4, -0.2) is 20.9 Å². The van der Waals surface area contributed by atoms with E-state index in [0.717, 1.165) is 0 Å². The number of aromatic carboxylic acids is 1. The minimum absolute atomic E-state index is 0.199. The molecule has 0 spiro atoms. The van der Waals surface area contributed by atoms with Crippen molar-refractivity contribution < 1.29 is 14.6 Å². The number of benzene rings is 1. The van der Waals surface area contributed by atoms with Gasteiger partial charge in [0.15, 0.2) is 5.75 Å². The molecule has 0 amide bonds. The molecule has 6 heteroatoms. The second-order valence-electron chi connectivity index (χ2n) is 4.30. The Morgan fingerprint density at radius 3 is 2.68 bits per heavy atom. The molecule has 0 fully saturated rings. The summed E-state index contributed by atoms with van der Waals surface area (Å²) in [5.41, 5.74) is 0.199. The van der Waals surface area contributed by atoms with Gasteiger partial charge in [0.05, 0.1) is 18.0 Å². The fourth-order valence-electron chi connectivity index (χ4n) is 1.52. The zero-order valence-corrected chi connectivity index (χ0v) is 12.1. The van der Waals surface area contributed by atoms with Crippen molar-refractivity contribution >= 4 is 21.9 Å². The van der Waals surface area contributed by atoms with E-state index in [1.807, 2.05) is 13.8 Å². The Balaban J connectivity index is 2.19. The number of aromatic nitrogens is 2. The van der Waals surface area contributed by atoms with Gasteiger partial charge in [-0.2, -0.15) is 5.10 Å². The molecule has 0 atom stereocenters. The van der Waals surface area contributed by atoms with Crippen molar-refractivity contribution in [1.82, 2.24) is 9.78 Å². The van der Waals surface area contributed by atoms with Crippen molar-refractivity contribution in [3.8, 4) is 11.5 Å². The lowest BCUT2D eigenvalue weighted by molar-refractivity contribution is 0.0696. The molecule has 0 aliphatic rings. The van der Waals surface area contributed by atoms with Gasteiger partial charge in [-0.15, -0.1) is 0 Å². The highest BCUT2D eigenvalue weighted by molar-refractivity contribution is 9.10. The SMILES string of the molecule is CC(C)n1cc(Oc2ccc(C(=O)O)c(Br)c2)cn1. The number of ether oxygens (including phenoxy) is 1. The van der Waals surface area contributed by atoms with Gasteiger partial charge >= 0.3 is 5.97 Å². The fourth-order valence-corrected chi connectivity index (χ4v) is 2.05. The predicted molar refractivity (Wildman–Crippen MR) is 73.8 cm³/mol. The van der Waals surface area contributed by atoms with Crippen LogP contribution < -0.4 is 4.74 Å². The number of hydrogen-bond donors (Lipinski definition) is 1. The summed E-state index contributed by atoms with van der Waals surface area (Å²) >= 11 is 3.21. The van der Waals surface area contributed by atoms with Gasteiger partial charge in [-0.1, -0.05) is 0 Å². The van der Waals surface area contributed by atoms with Gasteiger partial charge in [-0.25, -0.2) is 4.79 Å². The first-order valence-corrected chi connectivity index (χ1v) is 6.51. The first-order valence-electron chi connectivity index (χ1n) is 5.72. The maximum absolute atomic E-state index is 10.9. The third-order valence-corrected chi connectivity index (χ3v) is 3.17. The standard InChI is InChI=1S/C13H13BrN2O3/c1-8(2)16-7-10(6-15-16)19-9-3-4-11(13(17)18)12(14)5-9/h3-8H,1-2H3,(H,17,18). The molecule has 1 heterocycles. The van der Waals surface area contributed by atoms with E-state index in [4.69, 9.17) is 9.84 Å². The zero-order valence-electron chi connectivity index (χ0n) is 10.5. The molecular formula is C13H13BrN2O3. The third-order valence-electron chi connectivity index (χ3n) is 2.51. The van der Waals surface area contributed by atoms with Crippen molar-refractivity contribution in [2.75, 3.05) is 0 Å². The Kier molecular flexibility index (Phi) is 3.90. The van der Waals surface area contributed by atoms with E-state index in [9.17, 15) is 4.79 Å². The molecule has 0 radical (unpaired) electrons. The summed E-state index contributed by atoms with van der Waals surface area (Å²) in [5, 5.41) is 13.1. The first-order chi connectivity index (χ1) is 8.97. The van der Waals surface area contributed by atoms with Crippen molar-refractivity contribution in [3.05, 3.63) is 40.6 Å². The highest BCUT2D eigenvalue weighted by Crippen LogP contribution is 2.27. The van der Waals surface area contributed by atoms with Crippen LogP contribution >= 0.6 is 15.9 Å². The molecule has 100 valence electrons. The van der Waals surface area contributed by atoms with Gasteiger partial charge in [0.2, 0.25) is 0 Å². The maximum atomic E-state index is 10.9. The Bertz CT molecular complexity index is 608. The quantitative estimate of drug-likeness (QED) is 0.930. The van der Waals surface area contributed by atoms with Crippen LogP contribution in [0.1, 0.15) is 30.2 Å². The van der Waals surface area contributed by atoms with Gasteiger partial charge in [0.1, 0.15) is 5.75 Å². The first kappa shape index (κ1) is 13.6. The Labute approximate surface area is 118 Å². The Morgan fingerprint density at radius 2 is 2.16 bits per heavy atom. The lowest BCUT2D eigenvalue weighted by Gasteiger charge is -2.06. The second kappa shape index (κ2) is 5.44. The van der Waals surface area contributed by atoms with Gasteiger partial charge in [-0.05, 0) is 48.0 Å². The van der Waals surface area contributed by atoms with E-state index < -0.39 is 5.97 Å². The van der Waals surface area contributed by atoms with Gasteiger partial charge in [-0.3, -0.25) is 4.68 Å². The normalized spacial score (nSPS) is 10.7. The molecule has 0 unspecified atom stereocenters. The molecule has 19 heavy (non-hydrogen) atoms. The van der Waals surface area contributed by atoms with Crippen LogP contribution in [0.3, 0.4) is 0 Å². The summed E-state index contributed by atoms with van der Waals surface area (Å²) in [5.74, 6) is 0.190. The molecule has 0 bridgehead atoms. The highest BCUT2D eigenvalue weighted by Gasteiger charge is 2.10. The van der Waals surface area contributed by atoms with Crippen LogP contribution in [0.2, 0.25) is 0 Å². The van der Waals surface area contributed by atoms with Crippen LogP contribution in [0.5, 0.6) is 11.5 Å². The number of carbonyl (C=O) groups is 1. The number of carboxylic acids is 1. The van der Waals surface area contributed by atoms with Crippen LogP contribution in [0, 0.1) is 0 Å². The van der Waals surface area contributed by atoms with E-state index in [-0.39, 0.29) is 11.6 Å². The van der Waals surface area contributed by atoms with Crippen molar-refractivity contribution in [2.24, 2.45) is 0 Å². The highest BCUT2D eigenvalue weighted by atomic mass is 79.9. The van der Waals surface area contributed by atoms with E-state index in [0.29, 0.717) is 16.0 Å². The molecule has 5 nitrogen and oxygen atoms in total. The minimum atomic E-state index is -0.981. The molecule has 1 aromatic heterocycles. The van der Waals surface area contributed by atoms with Crippen LogP contribution in [0.25, 0.3) is 0 Å². The van der Waals surface area contributed by atoms with E-state index in [1.54, 1.807) is 29.2 Å². The lowest BCUT2D eigenvalue weighted by Crippen LogP contribution is -1.99. The fraction of sp³-hybridized carbons (Fsp3) is 0.231. The molecule has 0 saturated carbocycles. The molecular weight excluding hydrogens is 312 g/mol. The number of rotatable bonds is 4. The van der Waals surface area contributed by atoms with Crippen LogP contribution in [0.4, 0.5) is 0 Å². The topological polar surface area (TPSA) is 64.3 Å². The summed E-state index contributed by atoms with van der Waals surface area (Å²) < 4.78 is 7.89. The predicted octanol–water partition coefficient (Wildman–Crippen LogP) is 3.72. The molecule has 1 N–H and O–H groups in total. The minimum Gasteiger partial charge on any atom is -0.478 e. The van der Waals surface area contributed by atoms with Gasteiger partial charge in [0.25, 0.3) is 0 Å².